The summed E-state index contributed by atoms with van der Waals surface area (Å²) < 4.78 is 47.1. The Labute approximate surface area is 299 Å². The fourth-order valence-electron chi connectivity index (χ4n) is 6.68. The second-order valence-electron chi connectivity index (χ2n) is 12.3. The van der Waals surface area contributed by atoms with Crippen LogP contribution in [-0.2, 0) is 11.0 Å². The number of halogens is 6. The predicted molar refractivity (Wildman–Crippen MR) is 186 cm³/mol. The molecule has 2 unspecified atom stereocenters. The van der Waals surface area contributed by atoms with Gasteiger partial charge in [0.05, 0.1) is 30.3 Å². The van der Waals surface area contributed by atoms with Crippen LogP contribution in [0.5, 0.6) is 5.75 Å². The van der Waals surface area contributed by atoms with E-state index in [9.17, 15) is 22.8 Å². The molecule has 3 aromatic rings. The number of nitrogens with one attached hydrogen (secondary N) is 1. The van der Waals surface area contributed by atoms with Crippen molar-refractivity contribution in [3.8, 4) is 5.75 Å². The number of piperazine rings is 1. The monoisotopic (exact) mass is 737 g/mol. The minimum Gasteiger partial charge on any atom is -0.493 e. The summed E-state index contributed by atoms with van der Waals surface area (Å²) in [5.41, 5.74) is 0.964. The number of hydrogen-bond donors (Lipinski definition) is 1. The molecule has 0 spiro atoms. The molecule has 262 valence electrons. The third-order valence-electron chi connectivity index (χ3n) is 9.06. The first-order valence-electron chi connectivity index (χ1n) is 16.0. The largest absolute Gasteiger partial charge is 0.493 e. The fraction of sp³-hybridized carbons (Fsp3) is 0.400. The highest BCUT2D eigenvalue weighted by Gasteiger charge is 2.45. The first-order valence-corrected chi connectivity index (χ1v) is 16.8. The molecule has 0 radical (unpaired) electrons. The maximum atomic E-state index is 14.7. The van der Waals surface area contributed by atoms with Gasteiger partial charge in [0.25, 0.3) is 0 Å². The molecular formula is C35H37Cl3F3N5O3. The van der Waals surface area contributed by atoms with Crippen LogP contribution in [-0.4, -0.2) is 78.3 Å². The normalized spacial score (nSPS) is 20.4. The number of aliphatic imine (C=N–C) groups is 1. The number of urea groups is 1. The molecule has 2 saturated heterocycles. The zero-order valence-corrected chi connectivity index (χ0v) is 29.1. The molecule has 2 atom stereocenters. The molecule has 0 bridgehead atoms. The summed E-state index contributed by atoms with van der Waals surface area (Å²) in [4.78, 5) is 37.3. The zero-order valence-electron chi connectivity index (χ0n) is 26.8. The molecule has 3 aliphatic heterocycles. The number of ether oxygens (including phenoxy) is 1. The van der Waals surface area contributed by atoms with Crippen molar-refractivity contribution in [2.24, 2.45) is 10.9 Å². The minimum absolute atomic E-state index is 0. The summed E-state index contributed by atoms with van der Waals surface area (Å²) in [6, 6.07) is 16.1. The molecule has 0 aliphatic carbocycles. The number of likely N-dealkylation sites (tertiary alicyclic amines) is 1. The highest BCUT2D eigenvalue weighted by molar-refractivity contribution is 6.30. The van der Waals surface area contributed by atoms with Gasteiger partial charge in [-0.1, -0.05) is 47.5 Å². The minimum atomic E-state index is -4.59. The molecule has 8 nitrogen and oxygen atoms in total. The van der Waals surface area contributed by atoms with Gasteiger partial charge in [-0.25, -0.2) is 4.79 Å². The van der Waals surface area contributed by atoms with E-state index in [1.807, 2.05) is 24.3 Å². The van der Waals surface area contributed by atoms with E-state index in [2.05, 4.69) is 10.2 Å². The van der Waals surface area contributed by atoms with Crippen LogP contribution in [0, 0.1) is 5.92 Å². The third-order valence-corrected chi connectivity index (χ3v) is 9.57. The van der Waals surface area contributed by atoms with Gasteiger partial charge < -0.3 is 15.0 Å². The van der Waals surface area contributed by atoms with E-state index in [-0.39, 0.29) is 48.1 Å². The molecule has 3 heterocycles. The van der Waals surface area contributed by atoms with Gasteiger partial charge in [-0.05, 0) is 79.3 Å². The zero-order chi connectivity index (χ0) is 34.0. The van der Waals surface area contributed by atoms with Crippen LogP contribution in [0.15, 0.2) is 71.7 Å². The van der Waals surface area contributed by atoms with Gasteiger partial charge in [0, 0.05) is 42.8 Å². The molecule has 0 saturated carbocycles. The SMILES string of the molecule is CCOc1cc(C(F)(F)F)ccc1C1=NC(c2ccc(Cl)cc2)C(c2ccc(Cl)cc2)N1C(=O)N1CCC(CN2CCNC(=O)C2)CC1.Cl. The van der Waals surface area contributed by atoms with Gasteiger partial charge in [-0.2, -0.15) is 13.2 Å². The van der Waals surface area contributed by atoms with Crippen LogP contribution in [0.3, 0.4) is 0 Å². The van der Waals surface area contributed by atoms with Crippen molar-refractivity contribution in [3.05, 3.63) is 99.0 Å². The first kappa shape index (κ1) is 36.8. The smallest absolute Gasteiger partial charge is 0.416 e. The predicted octanol–water partition coefficient (Wildman–Crippen LogP) is 7.64. The Morgan fingerprint density at radius 2 is 1.59 bits per heavy atom. The number of carbonyl (C=O) groups excluding carboxylic acids is 2. The van der Waals surface area contributed by atoms with Crippen LogP contribution in [0.2, 0.25) is 10.0 Å². The van der Waals surface area contributed by atoms with Crippen molar-refractivity contribution >= 4 is 53.4 Å². The molecule has 6 rings (SSSR count). The lowest BCUT2D eigenvalue weighted by Gasteiger charge is -2.39. The van der Waals surface area contributed by atoms with Gasteiger partial charge in [0.1, 0.15) is 17.6 Å². The molecule has 3 aliphatic rings. The van der Waals surface area contributed by atoms with Crippen LogP contribution < -0.4 is 10.1 Å². The summed E-state index contributed by atoms with van der Waals surface area (Å²) in [7, 11) is 0. The van der Waals surface area contributed by atoms with Crippen molar-refractivity contribution in [1.29, 1.82) is 0 Å². The molecular weight excluding hydrogens is 702 g/mol. The van der Waals surface area contributed by atoms with Crippen LogP contribution in [0.4, 0.5) is 18.0 Å². The summed E-state index contributed by atoms with van der Waals surface area (Å²) in [5.74, 6) is 0.547. The number of hydrogen-bond acceptors (Lipinski definition) is 5. The van der Waals surface area contributed by atoms with E-state index in [4.69, 9.17) is 32.9 Å². The van der Waals surface area contributed by atoms with Crippen molar-refractivity contribution < 1.29 is 27.5 Å². The summed E-state index contributed by atoms with van der Waals surface area (Å²) >= 11 is 12.5. The average Bonchev–Trinajstić information content (AvgIpc) is 3.45. The van der Waals surface area contributed by atoms with Gasteiger partial charge in [0.2, 0.25) is 5.91 Å². The topological polar surface area (TPSA) is 77.5 Å². The number of amides is 3. The van der Waals surface area contributed by atoms with Crippen LogP contribution in [0.1, 0.15) is 54.1 Å². The van der Waals surface area contributed by atoms with Gasteiger partial charge in [0.15, 0.2) is 0 Å². The number of rotatable bonds is 7. The molecule has 3 amide bonds. The number of carbonyl (C=O) groups is 2. The second kappa shape index (κ2) is 15.6. The van der Waals surface area contributed by atoms with Crippen LogP contribution >= 0.6 is 35.6 Å². The lowest BCUT2D eigenvalue weighted by atomic mass is 9.93. The third kappa shape index (κ3) is 8.28. The Morgan fingerprint density at radius 1 is 0.959 bits per heavy atom. The Bertz CT molecular complexity index is 1670. The highest BCUT2D eigenvalue weighted by Crippen LogP contribution is 2.46. The molecule has 3 aromatic carbocycles. The van der Waals surface area contributed by atoms with Crippen LogP contribution in [0.25, 0.3) is 0 Å². The van der Waals surface area contributed by atoms with Crippen molar-refractivity contribution in [3.63, 3.8) is 0 Å². The van der Waals surface area contributed by atoms with Gasteiger partial charge in [-0.3, -0.25) is 19.6 Å². The fourth-order valence-corrected chi connectivity index (χ4v) is 6.94. The quantitative estimate of drug-likeness (QED) is 0.271. The van der Waals surface area contributed by atoms with Crippen molar-refractivity contribution in [2.45, 2.75) is 38.0 Å². The van der Waals surface area contributed by atoms with E-state index >= 15 is 0 Å². The Morgan fingerprint density at radius 3 is 2.18 bits per heavy atom. The second-order valence-corrected chi connectivity index (χ2v) is 13.1. The number of benzene rings is 3. The molecule has 0 aromatic heterocycles. The highest BCUT2D eigenvalue weighted by atomic mass is 35.5. The van der Waals surface area contributed by atoms with E-state index in [1.165, 1.54) is 6.07 Å². The van der Waals surface area contributed by atoms with Gasteiger partial charge in [-0.15, -0.1) is 12.4 Å². The Hall–Kier alpha value is -3.51. The maximum Gasteiger partial charge on any atom is 0.416 e. The average molecular weight is 739 g/mol. The number of piperidine rings is 1. The Kier molecular flexibility index (Phi) is 11.7. The summed E-state index contributed by atoms with van der Waals surface area (Å²) in [5, 5.41) is 3.91. The Balaban J connectivity index is 0.00000468. The number of alkyl halides is 3. The van der Waals surface area contributed by atoms with E-state index in [1.54, 1.807) is 41.0 Å². The summed E-state index contributed by atoms with van der Waals surface area (Å²) in [6.07, 6.45) is -3.08. The lowest BCUT2D eigenvalue weighted by molar-refractivity contribution is -0.137. The standard InChI is InChI=1S/C35H36Cl2F3N5O3.ClH/c1-2-48-29-19-25(35(38,39)40)7-12-28(29)33-42-31(23-3-8-26(36)9-4-23)32(24-5-10-27(37)11-6-24)45(33)34(47)44-16-13-22(14-17-44)20-43-18-15-41-30(46)21-43;/h3-12,19,22,31-32H,2,13-18,20-21H2,1H3,(H,41,46);1H. The molecule has 14 heteroatoms. The van der Waals surface area contributed by atoms with Gasteiger partial charge >= 0.3 is 12.2 Å². The number of nitrogens with zero attached hydrogens (tertiary/aromatic N) is 4. The maximum absolute atomic E-state index is 14.7. The van der Waals surface area contributed by atoms with E-state index < -0.39 is 23.8 Å². The molecule has 1 N–H and O–H groups in total. The van der Waals surface area contributed by atoms with Crippen molar-refractivity contribution in [2.75, 3.05) is 45.9 Å². The van der Waals surface area contributed by atoms with E-state index in [0.717, 1.165) is 49.2 Å². The molecule has 49 heavy (non-hydrogen) atoms. The first-order chi connectivity index (χ1) is 23.0. The summed E-state index contributed by atoms with van der Waals surface area (Å²) in [6.45, 7) is 5.34. The molecule has 2 fully saturated rings. The van der Waals surface area contributed by atoms with Crippen molar-refractivity contribution in [1.82, 2.24) is 20.0 Å². The lowest BCUT2D eigenvalue weighted by Crippen LogP contribution is -2.52. The number of amidine groups is 1. The van der Waals surface area contributed by atoms with E-state index in [0.29, 0.717) is 42.1 Å².